The van der Waals surface area contributed by atoms with Gasteiger partial charge in [-0.05, 0) is 31.4 Å². The molecule has 0 saturated carbocycles. The van der Waals surface area contributed by atoms with Gasteiger partial charge in [0.25, 0.3) is 11.5 Å². The minimum absolute atomic E-state index is 0.00948. The van der Waals surface area contributed by atoms with Crippen LogP contribution in [0.3, 0.4) is 0 Å². The van der Waals surface area contributed by atoms with Gasteiger partial charge in [0.1, 0.15) is 21.8 Å². The number of carbonyl (C=O) groups is 1. The first-order chi connectivity index (χ1) is 14.9. The van der Waals surface area contributed by atoms with Crippen molar-refractivity contribution in [3.8, 4) is 6.07 Å². The summed E-state index contributed by atoms with van der Waals surface area (Å²) in [7, 11) is 1.66. The van der Waals surface area contributed by atoms with Gasteiger partial charge in [-0.2, -0.15) is 5.26 Å². The van der Waals surface area contributed by atoms with E-state index in [1.165, 1.54) is 16.3 Å². The number of anilines is 1. The molecule has 3 saturated heterocycles. The Morgan fingerprint density at radius 2 is 2.03 bits per heavy atom. The number of rotatable bonds is 4. The molecule has 4 rings (SSSR count). The quantitative estimate of drug-likeness (QED) is 0.496. The minimum Gasteiger partial charge on any atom is -0.378 e. The highest BCUT2D eigenvalue weighted by molar-refractivity contribution is 8.26. The van der Waals surface area contributed by atoms with Crippen LogP contribution < -0.4 is 10.5 Å². The molecule has 0 spiro atoms. The van der Waals surface area contributed by atoms with Crippen LogP contribution in [0.1, 0.15) is 29.5 Å². The van der Waals surface area contributed by atoms with Crippen molar-refractivity contribution in [2.75, 3.05) is 44.4 Å². The molecule has 3 aliphatic rings. The van der Waals surface area contributed by atoms with Gasteiger partial charge in [0.15, 0.2) is 0 Å². The smallest absolute Gasteiger partial charge is 0.270 e. The number of thioether (sulfide) groups is 1. The Kier molecular flexibility index (Phi) is 6.48. The monoisotopic (exact) mass is 460 g/mol. The number of morpholine rings is 1. The fraction of sp³-hybridized carbons (Fsp3) is 0.524. The summed E-state index contributed by atoms with van der Waals surface area (Å²) < 4.78 is 13.1. The number of aromatic nitrogens is 1. The molecule has 0 aliphatic carbocycles. The number of ether oxygens (including phenoxy) is 2. The van der Waals surface area contributed by atoms with Crippen LogP contribution in [-0.2, 0) is 21.3 Å². The normalized spacial score (nSPS) is 23.1. The van der Waals surface area contributed by atoms with Crippen molar-refractivity contribution in [2.45, 2.75) is 25.9 Å². The zero-order valence-electron chi connectivity index (χ0n) is 17.5. The van der Waals surface area contributed by atoms with E-state index in [0.29, 0.717) is 65.6 Å². The fourth-order valence-corrected chi connectivity index (χ4v) is 5.41. The maximum atomic E-state index is 13.1. The van der Waals surface area contributed by atoms with Gasteiger partial charge in [0.2, 0.25) is 0 Å². The molecule has 1 amide bonds. The fourth-order valence-electron chi connectivity index (χ4n) is 4.15. The van der Waals surface area contributed by atoms with Gasteiger partial charge in [-0.25, -0.2) is 0 Å². The predicted octanol–water partition coefficient (Wildman–Crippen LogP) is 1.78. The van der Waals surface area contributed by atoms with Crippen molar-refractivity contribution >= 4 is 46.1 Å². The van der Waals surface area contributed by atoms with Gasteiger partial charge in [-0.1, -0.05) is 24.0 Å². The largest absolute Gasteiger partial charge is 0.378 e. The third kappa shape index (κ3) is 4.15. The highest BCUT2D eigenvalue weighted by Crippen LogP contribution is 2.36. The average Bonchev–Trinajstić information content (AvgIpc) is 3.37. The zero-order valence-corrected chi connectivity index (χ0v) is 19.2. The van der Waals surface area contributed by atoms with Crippen LogP contribution in [0.4, 0.5) is 5.82 Å². The molecule has 0 bridgehead atoms. The molecule has 0 N–H and O–H groups in total. The van der Waals surface area contributed by atoms with Gasteiger partial charge in [0, 0.05) is 32.3 Å². The predicted molar refractivity (Wildman–Crippen MR) is 123 cm³/mol. The van der Waals surface area contributed by atoms with Crippen molar-refractivity contribution in [1.82, 2.24) is 9.47 Å². The van der Waals surface area contributed by atoms with Crippen molar-refractivity contribution in [3.05, 3.63) is 31.9 Å². The number of thiocarbonyl (C=S) groups is 1. The molecule has 1 aromatic heterocycles. The molecule has 31 heavy (non-hydrogen) atoms. The van der Waals surface area contributed by atoms with Gasteiger partial charge < -0.3 is 14.4 Å². The third-order valence-electron chi connectivity index (χ3n) is 5.84. The Balaban J connectivity index is 1.76. The van der Waals surface area contributed by atoms with Crippen molar-refractivity contribution in [2.24, 2.45) is 7.05 Å². The van der Waals surface area contributed by atoms with Crippen molar-refractivity contribution < 1.29 is 14.3 Å². The first-order valence-corrected chi connectivity index (χ1v) is 11.5. The standard InChI is InChI=1S/C21H24N4O4S2/c1-13-15(10-17-20(27)25(21(30)31-17)12-14-4-3-7-29-14)18(24-5-8-28-9-6-24)23(2)19(26)16(13)11-22/h10,14H,3-9,12H2,1-2H3. The topological polar surface area (TPSA) is 87.8 Å². The van der Waals surface area contributed by atoms with E-state index in [4.69, 9.17) is 21.7 Å². The summed E-state index contributed by atoms with van der Waals surface area (Å²) >= 11 is 6.72. The second kappa shape index (κ2) is 9.12. The molecule has 1 unspecified atom stereocenters. The third-order valence-corrected chi connectivity index (χ3v) is 7.22. The minimum atomic E-state index is -0.343. The maximum Gasteiger partial charge on any atom is 0.270 e. The number of carbonyl (C=O) groups excluding carboxylic acids is 1. The van der Waals surface area contributed by atoms with Crippen molar-refractivity contribution in [3.63, 3.8) is 0 Å². The summed E-state index contributed by atoms with van der Waals surface area (Å²) in [5.74, 6) is 0.527. The lowest BCUT2D eigenvalue weighted by Crippen LogP contribution is -2.40. The summed E-state index contributed by atoms with van der Waals surface area (Å²) in [4.78, 5) is 30.1. The Morgan fingerprint density at radius 3 is 2.68 bits per heavy atom. The number of hydrogen-bond donors (Lipinski definition) is 0. The Hall–Kier alpha value is -2.19. The molecule has 1 aromatic rings. The van der Waals surface area contributed by atoms with Crippen LogP contribution in [0.2, 0.25) is 0 Å². The number of pyridine rings is 1. The summed E-state index contributed by atoms with van der Waals surface area (Å²) in [6, 6.07) is 2.03. The molecule has 0 radical (unpaired) electrons. The molecule has 10 heteroatoms. The lowest BCUT2D eigenvalue weighted by Gasteiger charge is -2.32. The number of hydrogen-bond acceptors (Lipinski definition) is 8. The van der Waals surface area contributed by atoms with E-state index in [-0.39, 0.29) is 23.1 Å². The molecule has 3 aliphatic heterocycles. The Bertz CT molecular complexity index is 1050. The van der Waals surface area contributed by atoms with E-state index in [2.05, 4.69) is 4.90 Å². The van der Waals surface area contributed by atoms with Gasteiger partial charge >= 0.3 is 0 Å². The van der Waals surface area contributed by atoms with Gasteiger partial charge in [0.05, 0.1) is 30.8 Å². The van der Waals surface area contributed by atoms with Crippen LogP contribution >= 0.6 is 24.0 Å². The molecule has 8 nitrogen and oxygen atoms in total. The van der Waals surface area contributed by atoms with E-state index in [1.54, 1.807) is 24.9 Å². The summed E-state index contributed by atoms with van der Waals surface area (Å²) in [5.41, 5.74) is 1.000. The molecule has 3 fully saturated rings. The maximum absolute atomic E-state index is 13.1. The first-order valence-electron chi connectivity index (χ1n) is 10.3. The molecule has 1 atom stereocenters. The molecular weight excluding hydrogens is 436 g/mol. The Morgan fingerprint density at radius 1 is 1.29 bits per heavy atom. The van der Waals surface area contributed by atoms with Crippen LogP contribution in [-0.4, -0.2) is 65.3 Å². The molecule has 164 valence electrons. The van der Waals surface area contributed by atoms with Crippen molar-refractivity contribution in [1.29, 1.82) is 5.26 Å². The van der Waals surface area contributed by atoms with E-state index in [1.807, 2.05) is 6.07 Å². The summed E-state index contributed by atoms with van der Waals surface area (Å²) in [5, 5.41) is 9.57. The zero-order chi connectivity index (χ0) is 22.1. The van der Waals surface area contributed by atoms with E-state index in [9.17, 15) is 14.9 Å². The molecular formula is C21H24N4O4S2. The second-order valence-corrected chi connectivity index (χ2v) is 9.42. The van der Waals surface area contributed by atoms with Crippen LogP contribution in [0, 0.1) is 18.3 Å². The lowest BCUT2D eigenvalue weighted by atomic mass is 10.0. The molecule has 0 aromatic carbocycles. The first kappa shape index (κ1) is 22.0. The number of amides is 1. The highest BCUT2D eigenvalue weighted by atomic mass is 32.2. The van der Waals surface area contributed by atoms with E-state index in [0.717, 1.165) is 12.8 Å². The van der Waals surface area contributed by atoms with Crippen LogP contribution in [0.5, 0.6) is 0 Å². The van der Waals surface area contributed by atoms with Crippen LogP contribution in [0.15, 0.2) is 9.70 Å². The van der Waals surface area contributed by atoms with E-state index >= 15 is 0 Å². The summed E-state index contributed by atoms with van der Waals surface area (Å²) in [6.07, 6.45) is 3.69. The van der Waals surface area contributed by atoms with Crippen LogP contribution in [0.25, 0.3) is 6.08 Å². The molecule has 4 heterocycles. The Labute approximate surface area is 190 Å². The van der Waals surface area contributed by atoms with E-state index < -0.39 is 0 Å². The summed E-state index contributed by atoms with van der Waals surface area (Å²) in [6.45, 7) is 5.27. The number of nitriles is 1. The average molecular weight is 461 g/mol. The number of nitrogens with zero attached hydrogens (tertiary/aromatic N) is 4. The second-order valence-electron chi connectivity index (χ2n) is 7.74. The highest BCUT2D eigenvalue weighted by Gasteiger charge is 2.35. The van der Waals surface area contributed by atoms with Gasteiger partial charge in [-0.15, -0.1) is 0 Å². The SMILES string of the molecule is Cc1c(C=C2SC(=S)N(CC3CCCO3)C2=O)c(N2CCOCC2)n(C)c(=O)c1C#N. The lowest BCUT2D eigenvalue weighted by molar-refractivity contribution is -0.123. The van der Waals surface area contributed by atoms with Gasteiger partial charge in [-0.3, -0.25) is 19.1 Å².